The van der Waals surface area contributed by atoms with Crippen molar-refractivity contribution in [2.75, 3.05) is 18.6 Å². The van der Waals surface area contributed by atoms with E-state index in [-0.39, 0.29) is 5.82 Å². The molecule has 0 unspecified atom stereocenters. The minimum Gasteiger partial charge on any atom is -0.493 e. The Bertz CT molecular complexity index is 240. The van der Waals surface area contributed by atoms with Gasteiger partial charge in [0, 0.05) is 11.8 Å². The molecule has 0 radical (unpaired) electrons. The van der Waals surface area contributed by atoms with E-state index in [1.165, 1.54) is 12.1 Å². The van der Waals surface area contributed by atoms with Crippen molar-refractivity contribution >= 4 is 11.8 Å². The van der Waals surface area contributed by atoms with Crippen LogP contribution >= 0.6 is 11.8 Å². The number of benzene rings is 1. The smallest absolute Gasteiger partial charge is 0.126 e. The number of hydrogen-bond donors (Lipinski definition) is 0. The van der Waals surface area contributed by atoms with E-state index < -0.39 is 0 Å². The van der Waals surface area contributed by atoms with Crippen molar-refractivity contribution in [3.8, 4) is 5.75 Å². The molecule has 12 heavy (non-hydrogen) atoms. The Labute approximate surface area is 75.9 Å². The Balaban J connectivity index is 2.41. The van der Waals surface area contributed by atoms with Crippen molar-refractivity contribution in [2.24, 2.45) is 0 Å². The SMILES string of the molecule is CSCCOc1cccc(F)c1. The highest BCUT2D eigenvalue weighted by atomic mass is 32.2. The van der Waals surface area contributed by atoms with Crippen molar-refractivity contribution in [1.82, 2.24) is 0 Å². The minimum atomic E-state index is -0.253. The highest BCUT2D eigenvalue weighted by Crippen LogP contribution is 2.11. The lowest BCUT2D eigenvalue weighted by Gasteiger charge is -2.03. The van der Waals surface area contributed by atoms with E-state index in [1.807, 2.05) is 6.26 Å². The van der Waals surface area contributed by atoms with Gasteiger partial charge >= 0.3 is 0 Å². The van der Waals surface area contributed by atoms with E-state index in [0.29, 0.717) is 12.4 Å². The van der Waals surface area contributed by atoms with Crippen LogP contribution in [0.25, 0.3) is 0 Å². The minimum absolute atomic E-state index is 0.253. The maximum Gasteiger partial charge on any atom is 0.126 e. The molecule has 0 saturated heterocycles. The largest absolute Gasteiger partial charge is 0.493 e. The highest BCUT2D eigenvalue weighted by molar-refractivity contribution is 7.98. The quantitative estimate of drug-likeness (QED) is 0.668. The monoisotopic (exact) mass is 186 g/mol. The zero-order chi connectivity index (χ0) is 8.81. The van der Waals surface area contributed by atoms with Crippen molar-refractivity contribution in [1.29, 1.82) is 0 Å². The van der Waals surface area contributed by atoms with Crippen molar-refractivity contribution in [2.45, 2.75) is 0 Å². The topological polar surface area (TPSA) is 9.23 Å². The Hall–Kier alpha value is -0.700. The number of rotatable bonds is 4. The second-order valence-electron chi connectivity index (χ2n) is 2.30. The first-order valence-electron chi connectivity index (χ1n) is 3.70. The van der Waals surface area contributed by atoms with Crippen molar-refractivity contribution in [3.05, 3.63) is 30.1 Å². The summed E-state index contributed by atoms with van der Waals surface area (Å²) in [5.74, 6) is 1.27. The number of thioether (sulfide) groups is 1. The van der Waals surface area contributed by atoms with E-state index in [2.05, 4.69) is 0 Å². The molecule has 66 valence electrons. The van der Waals surface area contributed by atoms with E-state index in [0.717, 1.165) is 5.75 Å². The molecule has 0 atom stereocenters. The molecular formula is C9H11FOS. The molecule has 0 bridgehead atoms. The lowest BCUT2D eigenvalue weighted by atomic mass is 10.3. The van der Waals surface area contributed by atoms with Gasteiger partial charge in [0.05, 0.1) is 6.61 Å². The first-order valence-corrected chi connectivity index (χ1v) is 5.09. The van der Waals surface area contributed by atoms with Crippen LogP contribution in [0.3, 0.4) is 0 Å². The Morgan fingerprint density at radius 1 is 1.50 bits per heavy atom. The predicted molar refractivity (Wildman–Crippen MR) is 50.3 cm³/mol. The first-order chi connectivity index (χ1) is 5.83. The normalized spacial score (nSPS) is 9.83. The van der Waals surface area contributed by atoms with Gasteiger partial charge in [-0.25, -0.2) is 4.39 Å². The molecule has 1 aromatic rings. The van der Waals surface area contributed by atoms with Gasteiger partial charge in [0.25, 0.3) is 0 Å². The molecule has 0 amide bonds. The first kappa shape index (κ1) is 9.39. The van der Waals surface area contributed by atoms with Gasteiger partial charge < -0.3 is 4.74 Å². The molecular weight excluding hydrogens is 175 g/mol. The maximum atomic E-state index is 12.6. The van der Waals surface area contributed by atoms with E-state index in [4.69, 9.17) is 4.74 Å². The average molecular weight is 186 g/mol. The summed E-state index contributed by atoms with van der Waals surface area (Å²) in [4.78, 5) is 0. The molecule has 0 saturated carbocycles. The summed E-state index contributed by atoms with van der Waals surface area (Å²) >= 11 is 1.71. The van der Waals surface area contributed by atoms with Crippen LogP contribution in [-0.2, 0) is 0 Å². The summed E-state index contributed by atoms with van der Waals surface area (Å²) in [5, 5.41) is 0. The second kappa shape index (κ2) is 5.04. The lowest BCUT2D eigenvalue weighted by molar-refractivity contribution is 0.342. The summed E-state index contributed by atoms with van der Waals surface area (Å²) in [6.07, 6.45) is 2.01. The third-order valence-corrected chi connectivity index (χ3v) is 1.93. The van der Waals surface area contributed by atoms with Gasteiger partial charge in [-0.1, -0.05) is 6.07 Å². The summed E-state index contributed by atoms with van der Waals surface area (Å²) in [7, 11) is 0. The molecule has 1 rings (SSSR count). The van der Waals surface area contributed by atoms with Gasteiger partial charge in [-0.15, -0.1) is 0 Å². The summed E-state index contributed by atoms with van der Waals surface area (Å²) in [6, 6.07) is 6.19. The molecule has 1 nitrogen and oxygen atoms in total. The maximum absolute atomic E-state index is 12.6. The van der Waals surface area contributed by atoms with Crippen LogP contribution in [0, 0.1) is 5.82 Å². The lowest BCUT2D eigenvalue weighted by Crippen LogP contribution is -1.99. The third-order valence-electron chi connectivity index (χ3n) is 1.35. The summed E-state index contributed by atoms with van der Waals surface area (Å²) < 4.78 is 17.9. The van der Waals surface area contributed by atoms with Crippen LogP contribution in [0.1, 0.15) is 0 Å². The summed E-state index contributed by atoms with van der Waals surface area (Å²) in [5.41, 5.74) is 0. The molecule has 0 aliphatic rings. The van der Waals surface area contributed by atoms with E-state index in [1.54, 1.807) is 23.9 Å². The van der Waals surface area contributed by atoms with Crippen molar-refractivity contribution < 1.29 is 9.13 Å². The fraction of sp³-hybridized carbons (Fsp3) is 0.333. The van der Waals surface area contributed by atoms with Gasteiger partial charge in [-0.2, -0.15) is 11.8 Å². The Morgan fingerprint density at radius 2 is 2.33 bits per heavy atom. The van der Waals surface area contributed by atoms with Crippen LogP contribution in [-0.4, -0.2) is 18.6 Å². The van der Waals surface area contributed by atoms with Crippen molar-refractivity contribution in [3.63, 3.8) is 0 Å². The number of ether oxygens (including phenoxy) is 1. The number of halogens is 1. The molecule has 0 aliphatic carbocycles. The zero-order valence-corrected chi connectivity index (χ0v) is 7.73. The second-order valence-corrected chi connectivity index (χ2v) is 3.28. The van der Waals surface area contributed by atoms with Crippen LogP contribution in [0.5, 0.6) is 5.75 Å². The standard InChI is InChI=1S/C9H11FOS/c1-12-6-5-11-9-4-2-3-8(10)7-9/h2-4,7H,5-6H2,1H3. The molecule has 0 spiro atoms. The average Bonchev–Trinajstić information content (AvgIpc) is 2.05. The molecule has 3 heteroatoms. The molecule has 0 N–H and O–H groups in total. The Kier molecular flexibility index (Phi) is 3.94. The molecule has 0 aliphatic heterocycles. The van der Waals surface area contributed by atoms with E-state index >= 15 is 0 Å². The van der Waals surface area contributed by atoms with E-state index in [9.17, 15) is 4.39 Å². The molecule has 0 aromatic heterocycles. The zero-order valence-electron chi connectivity index (χ0n) is 6.92. The highest BCUT2D eigenvalue weighted by Gasteiger charge is 1.94. The Morgan fingerprint density at radius 3 is 3.00 bits per heavy atom. The fourth-order valence-electron chi connectivity index (χ4n) is 0.800. The van der Waals surface area contributed by atoms with Gasteiger partial charge in [0.15, 0.2) is 0 Å². The predicted octanol–water partition coefficient (Wildman–Crippen LogP) is 2.57. The van der Waals surface area contributed by atoms with Gasteiger partial charge in [-0.05, 0) is 18.4 Å². The van der Waals surface area contributed by atoms with Crippen LogP contribution in [0.2, 0.25) is 0 Å². The molecule has 0 fully saturated rings. The van der Waals surface area contributed by atoms with Gasteiger partial charge in [-0.3, -0.25) is 0 Å². The molecule has 0 heterocycles. The third kappa shape index (κ3) is 3.13. The summed E-state index contributed by atoms with van der Waals surface area (Å²) in [6.45, 7) is 0.630. The van der Waals surface area contributed by atoms with Crippen LogP contribution in [0.15, 0.2) is 24.3 Å². The fourth-order valence-corrected chi connectivity index (χ4v) is 1.05. The van der Waals surface area contributed by atoms with Crippen LogP contribution < -0.4 is 4.74 Å². The molecule has 1 aromatic carbocycles. The van der Waals surface area contributed by atoms with Crippen LogP contribution in [0.4, 0.5) is 4.39 Å². The van der Waals surface area contributed by atoms with Gasteiger partial charge in [0.2, 0.25) is 0 Å². The van der Waals surface area contributed by atoms with Gasteiger partial charge in [0.1, 0.15) is 11.6 Å². The number of hydrogen-bond acceptors (Lipinski definition) is 2.